The van der Waals surface area contributed by atoms with Gasteiger partial charge in [-0.2, -0.15) is 0 Å². The third kappa shape index (κ3) is 5.26. The van der Waals surface area contributed by atoms with Crippen molar-refractivity contribution in [2.45, 2.75) is 31.9 Å². The quantitative estimate of drug-likeness (QED) is 0.192. The van der Waals surface area contributed by atoms with E-state index in [4.69, 9.17) is 9.73 Å². The van der Waals surface area contributed by atoms with Crippen LogP contribution in [0.5, 0.6) is 5.75 Å². The van der Waals surface area contributed by atoms with Crippen LogP contribution in [0.15, 0.2) is 113 Å². The van der Waals surface area contributed by atoms with Crippen LogP contribution in [0.3, 0.4) is 0 Å². The molecule has 1 aliphatic carbocycles. The Balaban J connectivity index is 1.10. The topological polar surface area (TPSA) is 33.6 Å². The molecular formula is C33H29BrN2O. The van der Waals surface area contributed by atoms with E-state index in [0.29, 0.717) is 24.5 Å². The Bertz CT molecular complexity index is 1440. The van der Waals surface area contributed by atoms with E-state index in [1.54, 1.807) is 0 Å². The number of allylic oxidation sites excluding steroid dienone is 2. The molecule has 0 unspecified atom stereocenters. The van der Waals surface area contributed by atoms with Gasteiger partial charge in [-0.05, 0) is 96.1 Å². The van der Waals surface area contributed by atoms with Crippen molar-refractivity contribution in [3.8, 4) is 5.75 Å². The van der Waals surface area contributed by atoms with Gasteiger partial charge < -0.3 is 10.1 Å². The van der Waals surface area contributed by atoms with Crippen molar-refractivity contribution in [2.24, 2.45) is 10.9 Å². The fourth-order valence-electron chi connectivity index (χ4n) is 5.36. The highest BCUT2D eigenvalue weighted by molar-refractivity contribution is 9.10. The Kier molecular flexibility index (Phi) is 6.67. The van der Waals surface area contributed by atoms with Gasteiger partial charge in [-0.25, -0.2) is 0 Å². The number of halogens is 1. The Labute approximate surface area is 227 Å². The van der Waals surface area contributed by atoms with Gasteiger partial charge in [0.15, 0.2) is 0 Å². The van der Waals surface area contributed by atoms with Crippen molar-refractivity contribution in [1.29, 1.82) is 0 Å². The number of aryl methyl sites for hydroxylation is 1. The van der Waals surface area contributed by atoms with Crippen molar-refractivity contribution in [1.82, 2.24) is 0 Å². The molecule has 1 aliphatic heterocycles. The van der Waals surface area contributed by atoms with Gasteiger partial charge in [0.25, 0.3) is 0 Å². The van der Waals surface area contributed by atoms with Crippen LogP contribution in [0.1, 0.15) is 46.2 Å². The first-order valence-electron chi connectivity index (χ1n) is 12.8. The van der Waals surface area contributed by atoms with Gasteiger partial charge in [0.05, 0.1) is 11.7 Å². The molecule has 3 nitrogen and oxygen atoms in total. The van der Waals surface area contributed by atoms with E-state index >= 15 is 0 Å². The number of ether oxygens (including phenoxy) is 1. The average Bonchev–Trinajstić information content (AvgIpc) is 3.43. The van der Waals surface area contributed by atoms with Crippen LogP contribution in [0.4, 0.5) is 11.4 Å². The number of aliphatic imine (C=N–C) groups is 1. The molecule has 184 valence electrons. The number of nitrogens with one attached hydrogen (secondary N) is 1. The third-order valence-corrected chi connectivity index (χ3v) is 7.86. The summed E-state index contributed by atoms with van der Waals surface area (Å²) in [6.07, 6.45) is 7.75. The maximum absolute atomic E-state index is 5.91. The van der Waals surface area contributed by atoms with Crippen LogP contribution in [0, 0.1) is 12.8 Å². The van der Waals surface area contributed by atoms with Gasteiger partial charge in [0.1, 0.15) is 12.4 Å². The molecule has 4 aromatic rings. The first kappa shape index (κ1) is 23.7. The molecule has 0 amide bonds. The summed E-state index contributed by atoms with van der Waals surface area (Å²) in [5.41, 5.74) is 8.46. The zero-order valence-electron chi connectivity index (χ0n) is 20.8. The lowest BCUT2D eigenvalue weighted by molar-refractivity contribution is 0.306. The number of fused-ring (bicyclic) bond motifs is 3. The summed E-state index contributed by atoms with van der Waals surface area (Å²) in [5.74, 6) is 1.88. The van der Waals surface area contributed by atoms with Crippen molar-refractivity contribution >= 4 is 33.5 Å². The number of rotatable bonds is 6. The summed E-state index contributed by atoms with van der Waals surface area (Å²) in [6, 6.07) is 32.0. The second-order valence-electron chi connectivity index (χ2n) is 9.90. The highest BCUT2D eigenvalue weighted by Crippen LogP contribution is 2.50. The van der Waals surface area contributed by atoms with Crippen LogP contribution in [0.25, 0.3) is 0 Å². The van der Waals surface area contributed by atoms with Crippen LogP contribution < -0.4 is 10.1 Å². The van der Waals surface area contributed by atoms with Crippen LogP contribution in [0.2, 0.25) is 0 Å². The summed E-state index contributed by atoms with van der Waals surface area (Å²) >= 11 is 3.46. The summed E-state index contributed by atoms with van der Waals surface area (Å²) in [6.45, 7) is 2.72. The van der Waals surface area contributed by atoms with Crippen LogP contribution in [-0.2, 0) is 6.61 Å². The Morgan fingerprint density at radius 3 is 2.51 bits per heavy atom. The number of nitrogens with zero attached hydrogens (tertiary/aromatic N) is 1. The van der Waals surface area contributed by atoms with Crippen molar-refractivity contribution in [2.75, 3.05) is 5.32 Å². The average molecular weight is 550 g/mol. The second-order valence-corrected chi connectivity index (χ2v) is 10.8. The second kappa shape index (κ2) is 10.4. The summed E-state index contributed by atoms with van der Waals surface area (Å²) < 4.78 is 6.98. The summed E-state index contributed by atoms with van der Waals surface area (Å²) in [4.78, 5) is 4.70. The number of benzene rings is 4. The molecule has 0 radical (unpaired) electrons. The van der Waals surface area contributed by atoms with Gasteiger partial charge in [-0.15, -0.1) is 0 Å². The zero-order valence-corrected chi connectivity index (χ0v) is 22.4. The molecule has 0 spiro atoms. The lowest BCUT2D eigenvalue weighted by Gasteiger charge is -2.37. The standard InChI is InChI=1S/C33H29BrN2O/c1-22-5-18-32-31(19-22)29-3-2-4-30(29)33(36-32)25-10-14-27(15-11-25)35-20-23-8-16-28(17-9-23)37-21-24-6-12-26(34)13-7-24/h2-3,5-20,29-30,33,36H,4,21H2,1H3/t29-,30-,33+/m1/s1. The maximum Gasteiger partial charge on any atom is 0.119 e. The highest BCUT2D eigenvalue weighted by Gasteiger charge is 2.37. The minimum Gasteiger partial charge on any atom is -0.489 e. The maximum atomic E-state index is 5.91. The molecule has 0 fully saturated rings. The molecule has 0 saturated heterocycles. The van der Waals surface area contributed by atoms with Crippen molar-refractivity contribution in [3.63, 3.8) is 0 Å². The van der Waals surface area contributed by atoms with E-state index in [9.17, 15) is 0 Å². The highest BCUT2D eigenvalue weighted by atomic mass is 79.9. The van der Waals surface area contributed by atoms with Gasteiger partial charge in [-0.1, -0.05) is 70.0 Å². The zero-order chi connectivity index (χ0) is 25.2. The lowest BCUT2D eigenvalue weighted by Crippen LogP contribution is -2.29. The Hall–Kier alpha value is -3.63. The number of anilines is 1. The molecule has 3 atom stereocenters. The van der Waals surface area contributed by atoms with Crippen molar-refractivity contribution in [3.05, 3.63) is 135 Å². The molecule has 1 N–H and O–H groups in total. The van der Waals surface area contributed by atoms with Gasteiger partial charge in [0, 0.05) is 22.3 Å². The van der Waals surface area contributed by atoms with Crippen LogP contribution in [-0.4, -0.2) is 6.21 Å². The first-order valence-corrected chi connectivity index (χ1v) is 13.6. The molecule has 2 aliphatic rings. The predicted molar refractivity (Wildman–Crippen MR) is 156 cm³/mol. The van der Waals surface area contributed by atoms with Crippen LogP contribution >= 0.6 is 15.9 Å². The molecule has 4 aromatic carbocycles. The minimum atomic E-state index is 0.304. The number of hydrogen-bond acceptors (Lipinski definition) is 3. The lowest BCUT2D eigenvalue weighted by atomic mass is 9.76. The van der Waals surface area contributed by atoms with Gasteiger partial charge in [-0.3, -0.25) is 4.99 Å². The molecule has 0 aromatic heterocycles. The van der Waals surface area contributed by atoms with E-state index < -0.39 is 0 Å². The molecule has 6 rings (SSSR count). The first-order chi connectivity index (χ1) is 18.1. The Morgan fingerprint density at radius 2 is 1.73 bits per heavy atom. The van der Waals surface area contributed by atoms with E-state index in [2.05, 4.69) is 94.9 Å². The largest absolute Gasteiger partial charge is 0.489 e. The molecule has 4 heteroatoms. The van der Waals surface area contributed by atoms with E-state index in [1.165, 1.54) is 22.4 Å². The summed E-state index contributed by atoms with van der Waals surface area (Å²) in [7, 11) is 0. The molecule has 0 bridgehead atoms. The Morgan fingerprint density at radius 1 is 0.946 bits per heavy atom. The molecule has 1 heterocycles. The third-order valence-electron chi connectivity index (χ3n) is 7.33. The monoisotopic (exact) mass is 548 g/mol. The van der Waals surface area contributed by atoms with E-state index in [0.717, 1.165) is 33.5 Å². The smallest absolute Gasteiger partial charge is 0.119 e. The number of hydrogen-bond donors (Lipinski definition) is 1. The van der Waals surface area contributed by atoms with Gasteiger partial charge in [0.2, 0.25) is 0 Å². The predicted octanol–water partition coefficient (Wildman–Crippen LogP) is 8.91. The fourth-order valence-corrected chi connectivity index (χ4v) is 5.62. The fraction of sp³-hybridized carbons (Fsp3) is 0.182. The van der Waals surface area contributed by atoms with E-state index in [-0.39, 0.29) is 0 Å². The van der Waals surface area contributed by atoms with Crippen molar-refractivity contribution < 1.29 is 4.74 Å². The molecule has 0 saturated carbocycles. The van der Waals surface area contributed by atoms with E-state index in [1.807, 2.05) is 42.6 Å². The molecular weight excluding hydrogens is 520 g/mol. The summed E-state index contributed by atoms with van der Waals surface area (Å²) in [5, 5.41) is 3.83. The minimum absolute atomic E-state index is 0.304. The normalized spacial score (nSPS) is 19.9. The van der Waals surface area contributed by atoms with Gasteiger partial charge >= 0.3 is 0 Å². The molecule has 37 heavy (non-hydrogen) atoms. The SMILES string of the molecule is Cc1ccc2c(c1)[C@@H]1C=CC[C@H]1[C@H](c1ccc(N=Cc3ccc(OCc4ccc(Br)cc4)cc3)cc1)N2.